The SMILES string of the molecule is C=C(CC(=O)c1ccc(OC)cc1)Nc1ccc(C(=O)[O-])cc1. The van der Waals surface area contributed by atoms with Gasteiger partial charge in [0.1, 0.15) is 5.75 Å². The van der Waals surface area contributed by atoms with Gasteiger partial charge in [-0.25, -0.2) is 0 Å². The largest absolute Gasteiger partial charge is 0.545 e. The Morgan fingerprint density at radius 3 is 2.13 bits per heavy atom. The van der Waals surface area contributed by atoms with Crippen molar-refractivity contribution < 1.29 is 19.4 Å². The molecule has 0 spiro atoms. The molecule has 0 saturated carbocycles. The van der Waals surface area contributed by atoms with Crippen LogP contribution in [0.3, 0.4) is 0 Å². The van der Waals surface area contributed by atoms with Crippen LogP contribution < -0.4 is 15.2 Å². The number of Topliss-reactive ketones (excluding diaryl/α,β-unsaturated/α-hetero) is 1. The zero-order chi connectivity index (χ0) is 16.8. The molecule has 0 heterocycles. The first-order chi connectivity index (χ1) is 11.0. The smallest absolute Gasteiger partial charge is 0.168 e. The van der Waals surface area contributed by atoms with E-state index in [2.05, 4.69) is 11.9 Å². The van der Waals surface area contributed by atoms with E-state index in [4.69, 9.17) is 4.74 Å². The van der Waals surface area contributed by atoms with E-state index in [0.29, 0.717) is 22.7 Å². The van der Waals surface area contributed by atoms with Crippen molar-refractivity contribution in [3.05, 3.63) is 71.9 Å². The van der Waals surface area contributed by atoms with Gasteiger partial charge in [0.15, 0.2) is 5.78 Å². The second-order valence-corrected chi connectivity index (χ2v) is 4.92. The number of carbonyl (C=O) groups is 2. The van der Waals surface area contributed by atoms with Crippen LogP contribution in [0.2, 0.25) is 0 Å². The molecule has 1 N–H and O–H groups in total. The molecule has 2 rings (SSSR count). The zero-order valence-electron chi connectivity index (χ0n) is 12.7. The molecule has 0 saturated heterocycles. The third-order valence-electron chi connectivity index (χ3n) is 3.23. The fourth-order valence-corrected chi connectivity index (χ4v) is 2.01. The molecule has 0 atom stereocenters. The lowest BCUT2D eigenvalue weighted by Gasteiger charge is -2.10. The van der Waals surface area contributed by atoms with Crippen LogP contribution >= 0.6 is 0 Å². The van der Waals surface area contributed by atoms with Crippen LogP contribution in [0.1, 0.15) is 27.1 Å². The fourth-order valence-electron chi connectivity index (χ4n) is 2.01. The Bertz CT molecular complexity index is 718. The molecule has 0 amide bonds. The van der Waals surface area contributed by atoms with E-state index in [-0.39, 0.29) is 17.8 Å². The number of rotatable bonds is 7. The molecule has 23 heavy (non-hydrogen) atoms. The number of carbonyl (C=O) groups excluding carboxylic acids is 2. The van der Waals surface area contributed by atoms with Gasteiger partial charge >= 0.3 is 0 Å². The Morgan fingerprint density at radius 2 is 1.61 bits per heavy atom. The Labute approximate surface area is 134 Å². The average Bonchev–Trinajstić information content (AvgIpc) is 2.55. The molecule has 0 aliphatic carbocycles. The first-order valence-electron chi connectivity index (χ1n) is 6.93. The van der Waals surface area contributed by atoms with E-state index in [9.17, 15) is 14.7 Å². The minimum absolute atomic E-state index is 0.0727. The van der Waals surface area contributed by atoms with Gasteiger partial charge < -0.3 is 20.0 Å². The number of aromatic carboxylic acids is 1. The third-order valence-corrected chi connectivity index (χ3v) is 3.23. The number of hydrogen-bond acceptors (Lipinski definition) is 5. The molecule has 0 fully saturated rings. The summed E-state index contributed by atoms with van der Waals surface area (Å²) in [6.07, 6.45) is 0.133. The Balaban J connectivity index is 1.95. The summed E-state index contributed by atoms with van der Waals surface area (Å²) < 4.78 is 5.05. The molecule has 0 aliphatic heterocycles. The van der Waals surface area contributed by atoms with Crippen molar-refractivity contribution in [1.82, 2.24) is 0 Å². The van der Waals surface area contributed by atoms with Gasteiger partial charge in [-0.1, -0.05) is 18.7 Å². The summed E-state index contributed by atoms with van der Waals surface area (Å²) in [5.74, 6) is -0.618. The quantitative estimate of drug-likeness (QED) is 0.794. The number of nitrogens with one attached hydrogen (secondary N) is 1. The van der Waals surface area contributed by atoms with Crippen molar-refractivity contribution in [2.24, 2.45) is 0 Å². The summed E-state index contributed by atoms with van der Waals surface area (Å²) in [4.78, 5) is 22.8. The maximum absolute atomic E-state index is 12.2. The number of carboxylic acid groups (broad SMARTS) is 1. The summed E-state index contributed by atoms with van der Waals surface area (Å²) in [7, 11) is 1.56. The highest BCUT2D eigenvalue weighted by Gasteiger charge is 2.08. The zero-order valence-corrected chi connectivity index (χ0v) is 12.7. The van der Waals surface area contributed by atoms with Gasteiger partial charge in [-0.3, -0.25) is 4.79 Å². The van der Waals surface area contributed by atoms with E-state index < -0.39 is 5.97 Å². The van der Waals surface area contributed by atoms with Crippen LogP contribution in [0.5, 0.6) is 5.75 Å². The van der Waals surface area contributed by atoms with Crippen LogP contribution in [0.4, 0.5) is 5.69 Å². The molecular formula is C18H16NO4-. The lowest BCUT2D eigenvalue weighted by molar-refractivity contribution is -0.255. The van der Waals surface area contributed by atoms with Crippen molar-refractivity contribution in [2.75, 3.05) is 12.4 Å². The predicted molar refractivity (Wildman–Crippen MR) is 85.5 cm³/mol. The molecule has 0 aromatic heterocycles. The van der Waals surface area contributed by atoms with Gasteiger partial charge in [-0.15, -0.1) is 0 Å². The topological polar surface area (TPSA) is 78.5 Å². The average molecular weight is 310 g/mol. The molecule has 0 radical (unpaired) electrons. The Kier molecular flexibility index (Phi) is 5.15. The third kappa shape index (κ3) is 4.44. The molecule has 0 aliphatic rings. The monoisotopic (exact) mass is 310 g/mol. The highest BCUT2D eigenvalue weighted by Crippen LogP contribution is 2.16. The summed E-state index contributed by atoms with van der Waals surface area (Å²) in [5, 5.41) is 13.7. The molecule has 118 valence electrons. The van der Waals surface area contributed by atoms with E-state index in [1.165, 1.54) is 12.1 Å². The van der Waals surface area contributed by atoms with Gasteiger partial charge in [0.25, 0.3) is 0 Å². The van der Waals surface area contributed by atoms with Gasteiger partial charge in [0, 0.05) is 16.9 Å². The summed E-state index contributed by atoms with van der Waals surface area (Å²) in [6, 6.07) is 12.9. The molecule has 5 nitrogen and oxygen atoms in total. The molecule has 5 heteroatoms. The Morgan fingerprint density at radius 1 is 1.04 bits per heavy atom. The summed E-state index contributed by atoms with van der Waals surface area (Å²) in [5.41, 5.74) is 1.84. The summed E-state index contributed by atoms with van der Waals surface area (Å²) in [6.45, 7) is 3.82. The molecular weight excluding hydrogens is 294 g/mol. The first kappa shape index (κ1) is 16.3. The van der Waals surface area contributed by atoms with Gasteiger partial charge in [-0.2, -0.15) is 0 Å². The van der Waals surface area contributed by atoms with Gasteiger partial charge in [0.2, 0.25) is 0 Å². The number of ether oxygens (including phenoxy) is 1. The van der Waals surface area contributed by atoms with Crippen molar-refractivity contribution >= 4 is 17.4 Å². The first-order valence-corrected chi connectivity index (χ1v) is 6.93. The molecule has 2 aromatic carbocycles. The number of carboxylic acids is 1. The lowest BCUT2D eigenvalue weighted by atomic mass is 10.1. The lowest BCUT2D eigenvalue weighted by Crippen LogP contribution is -2.21. The number of allylic oxidation sites excluding steroid dienone is 1. The van der Waals surface area contributed by atoms with Crippen molar-refractivity contribution in [3.63, 3.8) is 0 Å². The van der Waals surface area contributed by atoms with Gasteiger partial charge in [0.05, 0.1) is 19.5 Å². The van der Waals surface area contributed by atoms with Crippen LogP contribution in [0.15, 0.2) is 60.8 Å². The van der Waals surface area contributed by atoms with E-state index >= 15 is 0 Å². The maximum atomic E-state index is 12.2. The molecule has 0 unspecified atom stereocenters. The van der Waals surface area contributed by atoms with Crippen molar-refractivity contribution in [1.29, 1.82) is 0 Å². The maximum Gasteiger partial charge on any atom is 0.168 e. The predicted octanol–water partition coefficient (Wildman–Crippen LogP) is 2.26. The van der Waals surface area contributed by atoms with Crippen molar-refractivity contribution in [2.45, 2.75) is 6.42 Å². The van der Waals surface area contributed by atoms with Crippen LogP contribution in [0.25, 0.3) is 0 Å². The second kappa shape index (κ2) is 7.26. The number of benzene rings is 2. The normalized spacial score (nSPS) is 9.96. The number of anilines is 1. The second-order valence-electron chi connectivity index (χ2n) is 4.92. The van der Waals surface area contributed by atoms with E-state index in [1.807, 2.05) is 0 Å². The standard InChI is InChI=1S/C18H17NO4/c1-12(19-15-7-3-14(4-8-15)18(21)22)11-17(20)13-5-9-16(23-2)10-6-13/h3-10,19H,1,11H2,2H3,(H,21,22)/p-1. The minimum Gasteiger partial charge on any atom is -0.545 e. The fraction of sp³-hybridized carbons (Fsp3) is 0.111. The van der Waals surface area contributed by atoms with Crippen LogP contribution in [-0.2, 0) is 0 Å². The van der Waals surface area contributed by atoms with Crippen LogP contribution in [-0.4, -0.2) is 18.9 Å². The number of methoxy groups -OCH3 is 1. The molecule has 0 bridgehead atoms. The Hall–Kier alpha value is -3.08. The van der Waals surface area contributed by atoms with Crippen molar-refractivity contribution in [3.8, 4) is 5.75 Å². The number of ketones is 1. The number of hydrogen-bond donors (Lipinski definition) is 1. The van der Waals surface area contributed by atoms with Crippen LogP contribution in [0, 0.1) is 0 Å². The van der Waals surface area contributed by atoms with Gasteiger partial charge in [-0.05, 0) is 42.0 Å². The van der Waals surface area contributed by atoms with E-state index in [1.54, 1.807) is 43.5 Å². The van der Waals surface area contributed by atoms with E-state index in [0.717, 1.165) is 0 Å². The highest BCUT2D eigenvalue weighted by molar-refractivity contribution is 5.97. The highest BCUT2D eigenvalue weighted by atomic mass is 16.5. The molecule has 2 aromatic rings. The summed E-state index contributed by atoms with van der Waals surface area (Å²) >= 11 is 0. The minimum atomic E-state index is -1.23.